The smallest absolute Gasteiger partial charge is 0.0175 e. The van der Waals surface area contributed by atoms with Crippen LogP contribution in [-0.2, 0) is 0 Å². The Balaban J connectivity index is 2.47. The van der Waals surface area contributed by atoms with Gasteiger partial charge in [0, 0.05) is 0 Å². The van der Waals surface area contributed by atoms with E-state index in [0.29, 0.717) is 0 Å². The molecule has 0 saturated carbocycles. The highest BCUT2D eigenvalue weighted by molar-refractivity contribution is 5.83. The van der Waals surface area contributed by atoms with Gasteiger partial charge in [-0.1, -0.05) is 73.9 Å². The third-order valence-corrected chi connectivity index (χ3v) is 3.17. The Bertz CT molecular complexity index is 616. The van der Waals surface area contributed by atoms with Gasteiger partial charge < -0.3 is 0 Å². The zero-order valence-electron chi connectivity index (χ0n) is 11.3. The van der Waals surface area contributed by atoms with Crippen LogP contribution in [0.5, 0.6) is 0 Å². The lowest BCUT2D eigenvalue weighted by atomic mass is 9.99. The third-order valence-electron chi connectivity index (χ3n) is 3.17. The van der Waals surface area contributed by atoms with E-state index < -0.39 is 0 Å². The molecule has 0 nitrogen and oxygen atoms in total. The van der Waals surface area contributed by atoms with Gasteiger partial charge in [0.25, 0.3) is 0 Å². The fourth-order valence-corrected chi connectivity index (χ4v) is 2.05. The van der Waals surface area contributed by atoms with Crippen molar-refractivity contribution in [2.75, 3.05) is 0 Å². The maximum atomic E-state index is 3.87. The van der Waals surface area contributed by atoms with E-state index in [4.69, 9.17) is 0 Å². The lowest BCUT2D eigenvalue weighted by Gasteiger charge is -2.06. The van der Waals surface area contributed by atoms with Crippen LogP contribution in [-0.4, -0.2) is 0 Å². The summed E-state index contributed by atoms with van der Waals surface area (Å²) in [6.45, 7) is 9.82. The lowest BCUT2D eigenvalue weighted by Crippen LogP contribution is -1.85. The van der Waals surface area contributed by atoms with Crippen LogP contribution in [0.4, 0.5) is 0 Å². The molecule has 0 saturated heterocycles. The van der Waals surface area contributed by atoms with Crippen LogP contribution in [0.1, 0.15) is 29.2 Å². The van der Waals surface area contributed by atoms with Crippen molar-refractivity contribution < 1.29 is 0 Å². The molecule has 0 amide bonds. The monoisotopic (exact) mass is 246 g/mol. The van der Waals surface area contributed by atoms with Crippen LogP contribution in [0.2, 0.25) is 0 Å². The Kier molecular flexibility index (Phi) is 4.15. The van der Waals surface area contributed by atoms with E-state index >= 15 is 0 Å². The van der Waals surface area contributed by atoms with Gasteiger partial charge in [0.05, 0.1) is 0 Å². The molecule has 94 valence electrons. The number of rotatable bonds is 4. The Morgan fingerprint density at radius 3 is 2.26 bits per heavy atom. The standard InChI is InChI=1S/C19H18/c1-4-16-11-12-17(5-2)19(14-16)13-15(3)18-9-7-6-8-10-18/h4-14H,1-2H2,3H3. The molecule has 0 aliphatic heterocycles. The molecule has 2 rings (SSSR count). The number of allylic oxidation sites excluding steroid dienone is 1. The SMILES string of the molecule is C=Cc1ccc(C=C)c(C=C(C)c2ccccc2)c1. The quantitative estimate of drug-likeness (QED) is 0.622. The molecule has 0 N–H and O–H groups in total. The van der Waals surface area contributed by atoms with Crippen LogP contribution in [0.15, 0.2) is 61.7 Å². The van der Waals surface area contributed by atoms with Gasteiger partial charge >= 0.3 is 0 Å². The molecule has 0 radical (unpaired) electrons. The van der Waals surface area contributed by atoms with Crippen LogP contribution >= 0.6 is 0 Å². The van der Waals surface area contributed by atoms with Gasteiger partial charge in [-0.2, -0.15) is 0 Å². The van der Waals surface area contributed by atoms with Crippen molar-refractivity contribution in [2.45, 2.75) is 6.92 Å². The lowest BCUT2D eigenvalue weighted by molar-refractivity contribution is 1.55. The molecule has 2 aromatic rings. The summed E-state index contributed by atoms with van der Waals surface area (Å²) in [5.74, 6) is 0. The summed E-state index contributed by atoms with van der Waals surface area (Å²) in [5.41, 5.74) is 5.92. The molecule has 0 aliphatic carbocycles. The first-order valence-corrected chi connectivity index (χ1v) is 6.37. The summed E-state index contributed by atoms with van der Waals surface area (Å²) < 4.78 is 0. The van der Waals surface area contributed by atoms with Gasteiger partial charge in [-0.15, -0.1) is 0 Å². The largest absolute Gasteiger partial charge is 0.0985 e. The minimum Gasteiger partial charge on any atom is -0.0985 e. The molecular formula is C19H18. The summed E-state index contributed by atoms with van der Waals surface area (Å²) in [4.78, 5) is 0. The highest BCUT2D eigenvalue weighted by Crippen LogP contribution is 2.22. The molecule has 0 heterocycles. The average molecular weight is 246 g/mol. The van der Waals surface area contributed by atoms with Gasteiger partial charge in [0.2, 0.25) is 0 Å². The van der Waals surface area contributed by atoms with Crippen molar-refractivity contribution in [2.24, 2.45) is 0 Å². The molecule has 19 heavy (non-hydrogen) atoms. The van der Waals surface area contributed by atoms with Gasteiger partial charge in [-0.05, 0) is 40.8 Å². The van der Waals surface area contributed by atoms with E-state index in [9.17, 15) is 0 Å². The molecule has 0 aromatic heterocycles. The molecule has 0 fully saturated rings. The predicted octanol–water partition coefficient (Wildman–Crippen LogP) is 5.53. The van der Waals surface area contributed by atoms with E-state index in [1.165, 1.54) is 16.7 Å². The first-order valence-electron chi connectivity index (χ1n) is 6.37. The molecule has 0 spiro atoms. The van der Waals surface area contributed by atoms with Gasteiger partial charge in [-0.3, -0.25) is 0 Å². The van der Waals surface area contributed by atoms with Crippen LogP contribution in [0, 0.1) is 0 Å². The molecule has 0 aliphatic rings. The summed E-state index contributed by atoms with van der Waals surface area (Å²) in [7, 11) is 0. The first-order chi connectivity index (χ1) is 9.24. The maximum Gasteiger partial charge on any atom is -0.0175 e. The average Bonchev–Trinajstić information content (AvgIpc) is 2.48. The summed E-state index contributed by atoms with van der Waals surface area (Å²) in [5, 5.41) is 0. The van der Waals surface area contributed by atoms with Gasteiger partial charge in [0.15, 0.2) is 0 Å². The van der Waals surface area contributed by atoms with Crippen molar-refractivity contribution in [3.8, 4) is 0 Å². The highest BCUT2D eigenvalue weighted by atomic mass is 14.0. The second-order valence-electron chi connectivity index (χ2n) is 4.49. The van der Waals surface area contributed by atoms with E-state index in [1.54, 1.807) is 0 Å². The van der Waals surface area contributed by atoms with Gasteiger partial charge in [-0.25, -0.2) is 0 Å². The minimum atomic E-state index is 1.12. The Morgan fingerprint density at radius 1 is 0.895 bits per heavy atom. The number of hydrogen-bond acceptors (Lipinski definition) is 0. The fourth-order valence-electron chi connectivity index (χ4n) is 2.05. The first kappa shape index (κ1) is 13.1. The third kappa shape index (κ3) is 3.11. The summed E-state index contributed by atoms with van der Waals surface area (Å²) in [6.07, 6.45) is 5.94. The van der Waals surface area contributed by atoms with Crippen LogP contribution < -0.4 is 0 Å². The van der Waals surface area contributed by atoms with Crippen molar-refractivity contribution in [1.29, 1.82) is 0 Å². The number of benzene rings is 2. The predicted molar refractivity (Wildman–Crippen MR) is 86.6 cm³/mol. The normalized spacial score (nSPS) is 11.1. The molecule has 0 heteroatoms. The second-order valence-corrected chi connectivity index (χ2v) is 4.49. The van der Waals surface area contributed by atoms with E-state index in [-0.39, 0.29) is 0 Å². The van der Waals surface area contributed by atoms with Crippen LogP contribution in [0.3, 0.4) is 0 Å². The van der Waals surface area contributed by atoms with Gasteiger partial charge in [0.1, 0.15) is 0 Å². The van der Waals surface area contributed by atoms with Crippen molar-refractivity contribution in [3.05, 3.63) is 83.9 Å². The Labute approximate surface area is 115 Å². The summed E-state index contributed by atoms with van der Waals surface area (Å²) >= 11 is 0. The summed E-state index contributed by atoms with van der Waals surface area (Å²) in [6, 6.07) is 16.7. The van der Waals surface area contributed by atoms with Crippen molar-refractivity contribution in [3.63, 3.8) is 0 Å². The molecular weight excluding hydrogens is 228 g/mol. The van der Waals surface area contributed by atoms with Crippen LogP contribution in [0.25, 0.3) is 23.8 Å². The number of hydrogen-bond donors (Lipinski definition) is 0. The Morgan fingerprint density at radius 2 is 1.63 bits per heavy atom. The zero-order chi connectivity index (χ0) is 13.7. The fraction of sp³-hybridized carbons (Fsp3) is 0.0526. The van der Waals surface area contributed by atoms with Crippen molar-refractivity contribution >= 4 is 23.8 Å². The molecule has 0 bridgehead atoms. The van der Waals surface area contributed by atoms with E-state index in [2.05, 4.69) is 68.6 Å². The minimum absolute atomic E-state index is 1.12. The Hall–Kier alpha value is -2.34. The molecule has 2 aromatic carbocycles. The second kappa shape index (κ2) is 6.01. The maximum absolute atomic E-state index is 3.87. The highest BCUT2D eigenvalue weighted by Gasteiger charge is 2.00. The molecule has 0 atom stereocenters. The molecule has 0 unspecified atom stereocenters. The zero-order valence-corrected chi connectivity index (χ0v) is 11.3. The van der Waals surface area contributed by atoms with E-state index in [0.717, 1.165) is 11.1 Å². The van der Waals surface area contributed by atoms with Crippen molar-refractivity contribution in [1.82, 2.24) is 0 Å². The topological polar surface area (TPSA) is 0 Å². The van der Waals surface area contributed by atoms with E-state index in [1.807, 2.05) is 18.2 Å².